The lowest BCUT2D eigenvalue weighted by Gasteiger charge is -2.20. The Morgan fingerprint density at radius 1 is 0.833 bits per heavy atom. The fourth-order valence-corrected chi connectivity index (χ4v) is 3.66. The number of carbonyl (C=O) groups is 3. The molecule has 1 aliphatic rings. The van der Waals surface area contributed by atoms with Crippen LogP contribution in [0.4, 0.5) is 5.69 Å². The highest BCUT2D eigenvalue weighted by molar-refractivity contribution is 9.10. The molecule has 0 spiro atoms. The predicted octanol–water partition coefficient (Wildman–Crippen LogP) is 4.50. The van der Waals surface area contributed by atoms with Crippen LogP contribution in [0, 0.1) is 0 Å². The van der Waals surface area contributed by atoms with Crippen molar-refractivity contribution >= 4 is 39.2 Å². The van der Waals surface area contributed by atoms with Crippen LogP contribution < -0.4 is 14.4 Å². The smallest absolute Gasteiger partial charge is 0.266 e. The highest BCUT2D eigenvalue weighted by Crippen LogP contribution is 2.39. The molecule has 0 atom stereocenters. The first-order chi connectivity index (χ1) is 14.5. The van der Waals surface area contributed by atoms with Gasteiger partial charge in [0.1, 0.15) is 0 Å². The highest BCUT2D eigenvalue weighted by Gasteiger charge is 2.39. The first kappa shape index (κ1) is 19.8. The average Bonchev–Trinajstić information content (AvgIpc) is 3.03. The second-order valence-corrected chi connectivity index (χ2v) is 7.47. The number of methoxy groups -OCH3 is 2. The van der Waals surface area contributed by atoms with Gasteiger partial charge in [-0.2, -0.15) is 0 Å². The molecule has 1 aliphatic heterocycles. The third-order valence-electron chi connectivity index (χ3n) is 4.89. The number of ether oxygens (including phenoxy) is 2. The molecule has 0 saturated heterocycles. The van der Waals surface area contributed by atoms with Gasteiger partial charge in [-0.25, -0.2) is 4.90 Å². The number of fused-ring (bicyclic) bond motifs is 1. The number of hydrogen-bond acceptors (Lipinski definition) is 5. The van der Waals surface area contributed by atoms with E-state index in [1.54, 1.807) is 48.5 Å². The number of carbonyl (C=O) groups excluding carboxylic acids is 3. The van der Waals surface area contributed by atoms with Crippen molar-refractivity contribution in [1.82, 2.24) is 0 Å². The molecule has 2 amide bonds. The maximum absolute atomic E-state index is 13.3. The van der Waals surface area contributed by atoms with Gasteiger partial charge in [0.2, 0.25) is 0 Å². The van der Waals surface area contributed by atoms with Crippen LogP contribution >= 0.6 is 15.9 Å². The Hall–Kier alpha value is -3.45. The molecule has 0 radical (unpaired) electrons. The van der Waals surface area contributed by atoms with Crippen LogP contribution in [0.1, 0.15) is 36.6 Å². The summed E-state index contributed by atoms with van der Waals surface area (Å²) in [5, 5.41) is 0. The summed E-state index contributed by atoms with van der Waals surface area (Å²) in [6, 6.07) is 16.3. The van der Waals surface area contributed by atoms with Crippen LogP contribution in [0.15, 0.2) is 65.1 Å². The van der Waals surface area contributed by atoms with E-state index < -0.39 is 11.8 Å². The lowest BCUT2D eigenvalue weighted by atomic mass is 10.00. The Bertz CT molecular complexity index is 1150. The molecule has 0 aromatic heterocycles. The zero-order valence-electron chi connectivity index (χ0n) is 16.1. The van der Waals surface area contributed by atoms with Crippen molar-refractivity contribution in [2.24, 2.45) is 0 Å². The minimum atomic E-state index is -0.493. The first-order valence-electron chi connectivity index (χ1n) is 9.00. The van der Waals surface area contributed by atoms with Crippen LogP contribution in [-0.2, 0) is 0 Å². The Kier molecular flexibility index (Phi) is 5.13. The predicted molar refractivity (Wildman–Crippen MR) is 115 cm³/mol. The minimum Gasteiger partial charge on any atom is -0.493 e. The lowest BCUT2D eigenvalue weighted by Crippen LogP contribution is -2.31. The van der Waals surface area contributed by atoms with Gasteiger partial charge >= 0.3 is 0 Å². The van der Waals surface area contributed by atoms with Crippen molar-refractivity contribution in [3.63, 3.8) is 0 Å². The molecule has 3 aromatic rings. The highest BCUT2D eigenvalue weighted by atomic mass is 79.9. The van der Waals surface area contributed by atoms with Gasteiger partial charge in [0.05, 0.1) is 36.6 Å². The Morgan fingerprint density at radius 2 is 1.37 bits per heavy atom. The van der Waals surface area contributed by atoms with Crippen molar-refractivity contribution in [3.8, 4) is 11.5 Å². The van der Waals surface area contributed by atoms with Crippen molar-refractivity contribution in [3.05, 3.63) is 87.4 Å². The average molecular weight is 466 g/mol. The molecule has 0 fully saturated rings. The van der Waals surface area contributed by atoms with Gasteiger partial charge < -0.3 is 9.47 Å². The SMILES string of the molecule is COc1cc(C(=O)c2ccc(Br)cc2)c(N2C(=O)c3ccccc3C2=O)cc1OC. The van der Waals surface area contributed by atoms with Crippen molar-refractivity contribution < 1.29 is 23.9 Å². The molecule has 0 N–H and O–H groups in total. The van der Waals surface area contributed by atoms with Gasteiger partial charge in [-0.05, 0) is 42.5 Å². The van der Waals surface area contributed by atoms with Crippen LogP contribution in [0.25, 0.3) is 0 Å². The fraction of sp³-hybridized carbons (Fsp3) is 0.0870. The zero-order valence-corrected chi connectivity index (χ0v) is 17.7. The third-order valence-corrected chi connectivity index (χ3v) is 5.42. The van der Waals surface area contributed by atoms with E-state index in [1.807, 2.05) is 0 Å². The molecule has 150 valence electrons. The van der Waals surface area contributed by atoms with E-state index in [1.165, 1.54) is 26.4 Å². The molecule has 7 heteroatoms. The first-order valence-corrected chi connectivity index (χ1v) is 9.79. The van der Waals surface area contributed by atoms with Gasteiger partial charge in [-0.1, -0.05) is 28.1 Å². The number of anilines is 1. The van der Waals surface area contributed by atoms with Crippen LogP contribution in [0.2, 0.25) is 0 Å². The van der Waals surface area contributed by atoms with Gasteiger partial charge in [0.25, 0.3) is 11.8 Å². The summed E-state index contributed by atoms with van der Waals surface area (Å²) in [6.07, 6.45) is 0. The Labute approximate surface area is 181 Å². The van der Waals surface area contributed by atoms with E-state index in [4.69, 9.17) is 9.47 Å². The molecule has 0 saturated carbocycles. The van der Waals surface area contributed by atoms with Gasteiger partial charge in [-0.15, -0.1) is 0 Å². The lowest BCUT2D eigenvalue weighted by molar-refractivity contribution is 0.0926. The maximum Gasteiger partial charge on any atom is 0.266 e. The number of rotatable bonds is 5. The molecule has 0 bridgehead atoms. The number of ketones is 1. The second kappa shape index (κ2) is 7.76. The number of nitrogens with zero attached hydrogens (tertiary/aromatic N) is 1. The number of imide groups is 1. The van der Waals surface area contributed by atoms with Gasteiger partial charge in [0.15, 0.2) is 17.3 Å². The second-order valence-electron chi connectivity index (χ2n) is 6.55. The van der Waals surface area contributed by atoms with E-state index >= 15 is 0 Å². The number of halogens is 1. The normalized spacial score (nSPS) is 12.7. The summed E-state index contributed by atoms with van der Waals surface area (Å²) in [5.74, 6) is -0.718. The van der Waals surface area contributed by atoms with Crippen molar-refractivity contribution in [2.45, 2.75) is 0 Å². The number of benzene rings is 3. The Morgan fingerprint density at radius 3 is 1.90 bits per heavy atom. The molecular formula is C23H16BrNO5. The van der Waals surface area contributed by atoms with E-state index in [2.05, 4.69) is 15.9 Å². The molecule has 6 nitrogen and oxygen atoms in total. The maximum atomic E-state index is 13.3. The largest absolute Gasteiger partial charge is 0.493 e. The summed E-state index contributed by atoms with van der Waals surface area (Å²) < 4.78 is 11.5. The summed E-state index contributed by atoms with van der Waals surface area (Å²) in [7, 11) is 2.90. The fourth-order valence-electron chi connectivity index (χ4n) is 3.40. The summed E-state index contributed by atoms with van der Waals surface area (Å²) >= 11 is 3.35. The number of hydrogen-bond donors (Lipinski definition) is 0. The zero-order chi connectivity index (χ0) is 21.4. The molecule has 0 unspecified atom stereocenters. The quantitative estimate of drug-likeness (QED) is 0.409. The summed E-state index contributed by atoms with van der Waals surface area (Å²) in [6.45, 7) is 0. The Balaban J connectivity index is 1.91. The van der Waals surface area contributed by atoms with Gasteiger partial charge in [-0.3, -0.25) is 14.4 Å². The number of amides is 2. The molecular weight excluding hydrogens is 450 g/mol. The molecule has 30 heavy (non-hydrogen) atoms. The summed E-state index contributed by atoms with van der Waals surface area (Å²) in [4.78, 5) is 40.4. The van der Waals surface area contributed by atoms with E-state index in [0.29, 0.717) is 28.2 Å². The van der Waals surface area contributed by atoms with Crippen LogP contribution in [0.3, 0.4) is 0 Å². The summed E-state index contributed by atoms with van der Waals surface area (Å²) in [5.41, 5.74) is 1.29. The molecule has 0 aliphatic carbocycles. The van der Waals surface area contributed by atoms with E-state index in [-0.39, 0.29) is 17.0 Å². The topological polar surface area (TPSA) is 72.9 Å². The molecule has 3 aromatic carbocycles. The third kappa shape index (κ3) is 3.17. The van der Waals surface area contributed by atoms with Gasteiger partial charge in [0, 0.05) is 16.1 Å². The monoisotopic (exact) mass is 465 g/mol. The standard InChI is InChI=1S/C23H16BrNO5/c1-29-19-11-17(21(26)13-7-9-14(24)10-8-13)18(12-20(19)30-2)25-22(27)15-5-3-4-6-16(15)23(25)28/h3-12H,1-2H3. The van der Waals surface area contributed by atoms with Crippen molar-refractivity contribution in [1.29, 1.82) is 0 Å². The van der Waals surface area contributed by atoms with Crippen LogP contribution in [0.5, 0.6) is 11.5 Å². The molecule has 1 heterocycles. The molecule has 4 rings (SSSR count). The van der Waals surface area contributed by atoms with Crippen molar-refractivity contribution in [2.75, 3.05) is 19.1 Å². The van der Waals surface area contributed by atoms with Crippen LogP contribution in [-0.4, -0.2) is 31.8 Å². The minimum absolute atomic E-state index is 0.145. The van der Waals surface area contributed by atoms with E-state index in [0.717, 1.165) is 9.37 Å². The van der Waals surface area contributed by atoms with E-state index in [9.17, 15) is 14.4 Å².